The fraction of sp³-hybridized carbons (Fsp3) is 0.818. The van der Waals surface area contributed by atoms with Crippen molar-refractivity contribution in [1.29, 1.82) is 0 Å². The van der Waals surface area contributed by atoms with Crippen LogP contribution in [-0.4, -0.2) is 35.3 Å². The Morgan fingerprint density at radius 1 is 1.69 bits per heavy atom. The molecule has 2 rings (SSSR count). The molecule has 5 heteroatoms. The van der Waals surface area contributed by atoms with Crippen molar-refractivity contribution in [3.63, 3.8) is 0 Å². The van der Waals surface area contributed by atoms with E-state index < -0.39 is 0 Å². The van der Waals surface area contributed by atoms with Crippen molar-refractivity contribution < 1.29 is 4.74 Å². The molecular weight excluding hydrogens is 204 g/mol. The Balaban J connectivity index is 2.15. The zero-order chi connectivity index (χ0) is 11.4. The number of rotatable bonds is 5. The van der Waals surface area contributed by atoms with E-state index in [9.17, 15) is 0 Å². The third-order valence-corrected chi connectivity index (χ3v) is 3.15. The number of nitrogens with one attached hydrogen (secondary N) is 1. The van der Waals surface area contributed by atoms with Crippen molar-refractivity contribution >= 4 is 0 Å². The van der Waals surface area contributed by atoms with Crippen molar-refractivity contribution in [2.24, 2.45) is 5.92 Å². The van der Waals surface area contributed by atoms with Gasteiger partial charge < -0.3 is 10.1 Å². The molecule has 0 spiro atoms. The molecule has 2 atom stereocenters. The Labute approximate surface area is 96.2 Å². The molecule has 0 bridgehead atoms. The van der Waals surface area contributed by atoms with Gasteiger partial charge in [0.05, 0.1) is 24.5 Å². The van der Waals surface area contributed by atoms with E-state index >= 15 is 0 Å². The predicted molar refractivity (Wildman–Crippen MR) is 61.0 cm³/mol. The molecule has 0 saturated carbocycles. The summed E-state index contributed by atoms with van der Waals surface area (Å²) in [4.78, 5) is 0. The maximum Gasteiger partial charge on any atom is 0.0760 e. The monoisotopic (exact) mass is 224 g/mol. The maximum atomic E-state index is 5.45. The number of hydrogen-bond donors (Lipinski definition) is 1. The lowest BCUT2D eigenvalue weighted by Crippen LogP contribution is -2.28. The van der Waals surface area contributed by atoms with Crippen LogP contribution in [0.1, 0.15) is 31.5 Å². The van der Waals surface area contributed by atoms with Gasteiger partial charge in [-0.25, -0.2) is 4.68 Å². The molecule has 1 aliphatic rings. The van der Waals surface area contributed by atoms with E-state index in [0.29, 0.717) is 12.0 Å². The number of ether oxygens (including phenoxy) is 1. The van der Waals surface area contributed by atoms with Crippen LogP contribution >= 0.6 is 0 Å². The highest BCUT2D eigenvalue weighted by Gasteiger charge is 2.28. The number of nitrogens with zero attached hydrogens (tertiary/aromatic N) is 3. The first-order valence-electron chi connectivity index (χ1n) is 6.00. The second-order valence-electron chi connectivity index (χ2n) is 4.27. The molecule has 1 saturated heterocycles. The number of hydrogen-bond acceptors (Lipinski definition) is 4. The summed E-state index contributed by atoms with van der Waals surface area (Å²) in [5.41, 5.74) is 1.18. The van der Waals surface area contributed by atoms with Gasteiger partial charge in [-0.05, 0) is 19.9 Å². The lowest BCUT2D eigenvalue weighted by molar-refractivity contribution is 0.176. The molecule has 1 aliphatic heterocycles. The van der Waals surface area contributed by atoms with E-state index in [-0.39, 0.29) is 0 Å². The van der Waals surface area contributed by atoms with Gasteiger partial charge >= 0.3 is 0 Å². The van der Waals surface area contributed by atoms with E-state index in [1.54, 1.807) is 0 Å². The Hall–Kier alpha value is -0.940. The third-order valence-electron chi connectivity index (χ3n) is 3.15. The molecule has 2 heterocycles. The molecule has 0 aliphatic carbocycles. The van der Waals surface area contributed by atoms with Crippen LogP contribution in [0.3, 0.4) is 0 Å². The second kappa shape index (κ2) is 5.41. The Kier molecular flexibility index (Phi) is 3.90. The molecule has 90 valence electrons. The summed E-state index contributed by atoms with van der Waals surface area (Å²) in [7, 11) is 1.99. The van der Waals surface area contributed by atoms with Crippen molar-refractivity contribution in [3.05, 3.63) is 11.9 Å². The summed E-state index contributed by atoms with van der Waals surface area (Å²) in [6.45, 7) is 4.79. The summed E-state index contributed by atoms with van der Waals surface area (Å²) in [6, 6.07) is 0.309. The fourth-order valence-corrected chi connectivity index (χ4v) is 2.33. The van der Waals surface area contributed by atoms with E-state index in [4.69, 9.17) is 4.74 Å². The van der Waals surface area contributed by atoms with Crippen LogP contribution in [0.15, 0.2) is 6.20 Å². The molecular formula is C11H20N4O. The molecule has 2 unspecified atom stereocenters. The summed E-state index contributed by atoms with van der Waals surface area (Å²) in [6.07, 6.45) is 4.06. The van der Waals surface area contributed by atoms with Gasteiger partial charge in [-0.1, -0.05) is 12.1 Å². The molecule has 0 aromatic carbocycles. The molecule has 1 fully saturated rings. The van der Waals surface area contributed by atoms with Gasteiger partial charge in [-0.3, -0.25) is 0 Å². The molecule has 5 nitrogen and oxygen atoms in total. The minimum absolute atomic E-state index is 0.309. The molecule has 1 aromatic heterocycles. The molecule has 1 aromatic rings. The van der Waals surface area contributed by atoms with Gasteiger partial charge in [0.15, 0.2) is 0 Å². The molecule has 16 heavy (non-hydrogen) atoms. The highest BCUT2D eigenvalue weighted by Crippen LogP contribution is 2.27. The quantitative estimate of drug-likeness (QED) is 0.810. The van der Waals surface area contributed by atoms with Crippen LogP contribution in [0.2, 0.25) is 0 Å². The van der Waals surface area contributed by atoms with Gasteiger partial charge in [0, 0.05) is 19.1 Å². The normalized spacial score (nSPS) is 22.5. The van der Waals surface area contributed by atoms with Crippen LogP contribution in [0.5, 0.6) is 0 Å². The number of aryl methyl sites for hydroxylation is 1. The maximum absolute atomic E-state index is 5.45. The smallest absolute Gasteiger partial charge is 0.0760 e. The first-order chi connectivity index (χ1) is 7.86. The lowest BCUT2D eigenvalue weighted by Gasteiger charge is -2.22. The summed E-state index contributed by atoms with van der Waals surface area (Å²) >= 11 is 0. The summed E-state index contributed by atoms with van der Waals surface area (Å²) in [5, 5.41) is 11.5. The van der Waals surface area contributed by atoms with E-state index in [1.165, 1.54) is 5.69 Å². The van der Waals surface area contributed by atoms with Crippen molar-refractivity contribution in [2.45, 2.75) is 32.4 Å². The fourth-order valence-electron chi connectivity index (χ4n) is 2.33. The van der Waals surface area contributed by atoms with Gasteiger partial charge in [0.1, 0.15) is 0 Å². The van der Waals surface area contributed by atoms with Gasteiger partial charge in [-0.15, -0.1) is 5.10 Å². The zero-order valence-electron chi connectivity index (χ0n) is 10.0. The lowest BCUT2D eigenvalue weighted by atomic mass is 9.96. The second-order valence-corrected chi connectivity index (χ2v) is 4.27. The van der Waals surface area contributed by atoms with Crippen LogP contribution < -0.4 is 5.32 Å². The Morgan fingerprint density at radius 3 is 3.19 bits per heavy atom. The van der Waals surface area contributed by atoms with Crippen molar-refractivity contribution in [3.8, 4) is 0 Å². The topological polar surface area (TPSA) is 52.0 Å². The Bertz CT molecular complexity index is 320. The average Bonchev–Trinajstić information content (AvgIpc) is 2.92. The van der Waals surface area contributed by atoms with E-state index in [0.717, 1.165) is 32.6 Å². The van der Waals surface area contributed by atoms with Crippen LogP contribution in [0.4, 0.5) is 0 Å². The van der Waals surface area contributed by atoms with Gasteiger partial charge in [0.2, 0.25) is 0 Å². The first kappa shape index (κ1) is 11.5. The van der Waals surface area contributed by atoms with E-state index in [2.05, 4.69) is 22.6 Å². The van der Waals surface area contributed by atoms with Crippen LogP contribution in [0, 0.1) is 5.92 Å². The number of aromatic nitrogens is 3. The zero-order valence-corrected chi connectivity index (χ0v) is 10.0. The summed E-state index contributed by atoms with van der Waals surface area (Å²) < 4.78 is 7.45. The Morgan fingerprint density at radius 2 is 2.56 bits per heavy atom. The van der Waals surface area contributed by atoms with Crippen molar-refractivity contribution in [2.75, 3.05) is 20.3 Å². The summed E-state index contributed by atoms with van der Waals surface area (Å²) in [5.74, 6) is 0.541. The van der Waals surface area contributed by atoms with Gasteiger partial charge in [0.25, 0.3) is 0 Å². The SMILES string of the molecule is CCCn1nncc1C(NC)C1CCOC1. The highest BCUT2D eigenvalue weighted by molar-refractivity contribution is 5.05. The molecule has 0 amide bonds. The van der Waals surface area contributed by atoms with Crippen molar-refractivity contribution in [1.82, 2.24) is 20.3 Å². The first-order valence-corrected chi connectivity index (χ1v) is 6.00. The average molecular weight is 224 g/mol. The standard InChI is InChI=1S/C11H20N4O/c1-3-5-15-10(7-13-14-15)11(12-2)9-4-6-16-8-9/h7,9,11-12H,3-6,8H2,1-2H3. The predicted octanol–water partition coefficient (Wildman–Crippen LogP) is 0.985. The van der Waals surface area contributed by atoms with Gasteiger partial charge in [-0.2, -0.15) is 0 Å². The molecule has 0 radical (unpaired) electrons. The minimum atomic E-state index is 0.309. The van der Waals surface area contributed by atoms with E-state index in [1.807, 2.05) is 17.9 Å². The molecule has 1 N–H and O–H groups in total. The largest absolute Gasteiger partial charge is 0.381 e. The van der Waals surface area contributed by atoms with Crippen LogP contribution in [0.25, 0.3) is 0 Å². The highest BCUT2D eigenvalue weighted by atomic mass is 16.5. The third kappa shape index (κ3) is 2.25. The van der Waals surface area contributed by atoms with Crippen LogP contribution in [-0.2, 0) is 11.3 Å². The minimum Gasteiger partial charge on any atom is -0.381 e.